The highest BCUT2D eigenvalue weighted by molar-refractivity contribution is 5.94. The number of esters is 1. The molecule has 0 bridgehead atoms. The van der Waals surface area contributed by atoms with Crippen molar-refractivity contribution in [2.45, 2.75) is 71.1 Å². The van der Waals surface area contributed by atoms with E-state index >= 15 is 0 Å². The summed E-state index contributed by atoms with van der Waals surface area (Å²) in [4.78, 5) is 13.2. The predicted octanol–water partition coefficient (Wildman–Crippen LogP) is 4.75. The lowest BCUT2D eigenvalue weighted by Gasteiger charge is -2.51. The number of ether oxygens (including phenoxy) is 2. The fourth-order valence-electron chi connectivity index (χ4n) is 5.74. The van der Waals surface area contributed by atoms with Gasteiger partial charge >= 0.3 is 5.97 Å². The summed E-state index contributed by atoms with van der Waals surface area (Å²) in [5, 5.41) is 0. The zero-order chi connectivity index (χ0) is 17.3. The lowest BCUT2D eigenvalue weighted by Crippen LogP contribution is -2.52. The van der Waals surface area contributed by atoms with Crippen LogP contribution in [0.15, 0.2) is 6.07 Å². The molecule has 1 fully saturated rings. The number of rotatable bonds is 2. The van der Waals surface area contributed by atoms with E-state index < -0.39 is 5.41 Å². The molecule has 3 aliphatic rings. The molecule has 1 aromatic rings. The Morgan fingerprint density at radius 2 is 2.04 bits per heavy atom. The van der Waals surface area contributed by atoms with Gasteiger partial charge in [-0.25, -0.2) is 0 Å². The minimum Gasteiger partial charge on any atom is -0.493 e. The minimum atomic E-state index is -0.437. The molecule has 1 aliphatic heterocycles. The summed E-state index contributed by atoms with van der Waals surface area (Å²) < 4.78 is 11.7. The largest absolute Gasteiger partial charge is 0.493 e. The van der Waals surface area contributed by atoms with Gasteiger partial charge in [-0.3, -0.25) is 4.79 Å². The van der Waals surface area contributed by atoms with E-state index in [1.165, 1.54) is 12.0 Å². The number of carbonyl (C=O) groups is 1. The Hall–Kier alpha value is -1.51. The van der Waals surface area contributed by atoms with Gasteiger partial charge in [0.05, 0.1) is 7.11 Å². The van der Waals surface area contributed by atoms with Crippen LogP contribution in [0.5, 0.6) is 11.5 Å². The predicted molar refractivity (Wildman–Crippen MR) is 93.8 cm³/mol. The van der Waals surface area contributed by atoms with Gasteiger partial charge in [0.15, 0.2) is 11.5 Å². The second-order valence-electron chi connectivity index (χ2n) is 8.81. The van der Waals surface area contributed by atoms with Crippen LogP contribution >= 0.6 is 0 Å². The lowest BCUT2D eigenvalue weighted by molar-refractivity contribution is -0.145. The number of methoxy groups -OCH3 is 1. The molecule has 3 heteroatoms. The first kappa shape index (κ1) is 16.0. The number of benzene rings is 1. The van der Waals surface area contributed by atoms with E-state index in [1.807, 2.05) is 0 Å². The highest BCUT2D eigenvalue weighted by Crippen LogP contribution is 2.64. The number of aryl methyl sites for hydroxylation is 1. The van der Waals surface area contributed by atoms with Crippen molar-refractivity contribution < 1.29 is 14.3 Å². The van der Waals surface area contributed by atoms with Gasteiger partial charge in [-0.2, -0.15) is 0 Å². The molecule has 2 atom stereocenters. The van der Waals surface area contributed by atoms with Crippen LogP contribution in [0.4, 0.5) is 0 Å². The Kier molecular flexibility index (Phi) is 3.33. The van der Waals surface area contributed by atoms with Crippen LogP contribution in [0.25, 0.3) is 0 Å². The van der Waals surface area contributed by atoms with Gasteiger partial charge in [-0.05, 0) is 48.5 Å². The molecule has 0 N–H and O–H groups in total. The third-order valence-electron chi connectivity index (χ3n) is 6.81. The van der Waals surface area contributed by atoms with Crippen molar-refractivity contribution in [1.29, 1.82) is 0 Å². The molecule has 1 saturated carbocycles. The van der Waals surface area contributed by atoms with E-state index in [-0.39, 0.29) is 11.4 Å². The smallest absolute Gasteiger partial charge is 0.322 e. The van der Waals surface area contributed by atoms with Gasteiger partial charge in [0.25, 0.3) is 0 Å². The molecule has 24 heavy (non-hydrogen) atoms. The molecule has 0 aromatic heterocycles. The third kappa shape index (κ3) is 1.81. The summed E-state index contributed by atoms with van der Waals surface area (Å²) in [6.07, 6.45) is 5.32. The first-order valence-corrected chi connectivity index (χ1v) is 9.29. The zero-order valence-electron chi connectivity index (χ0n) is 15.5. The maximum absolute atomic E-state index is 13.2. The van der Waals surface area contributed by atoms with Gasteiger partial charge in [0, 0.05) is 11.1 Å². The molecule has 0 saturated heterocycles. The molecule has 130 valence electrons. The number of carbonyl (C=O) groups excluding carboxylic acids is 1. The normalized spacial score (nSPS) is 29.9. The van der Waals surface area contributed by atoms with Crippen molar-refractivity contribution in [3.05, 3.63) is 22.8 Å². The standard InChI is InChI=1S/C21H28O3/c1-12(2)14-11-13-7-8-15-20(3,4)9-6-10-21(15)16(13)18(17(14)23-5)24-19(21)22/h11-12,15H,6-10H2,1-5H3/t15?,21-/m1/s1. The molecular weight excluding hydrogens is 300 g/mol. The van der Waals surface area contributed by atoms with Crippen molar-refractivity contribution in [1.82, 2.24) is 0 Å². The molecule has 1 spiro atoms. The summed E-state index contributed by atoms with van der Waals surface area (Å²) in [7, 11) is 1.69. The topological polar surface area (TPSA) is 35.5 Å². The molecule has 0 radical (unpaired) electrons. The van der Waals surface area contributed by atoms with Gasteiger partial charge in [-0.15, -0.1) is 0 Å². The van der Waals surface area contributed by atoms with Crippen molar-refractivity contribution in [3.8, 4) is 11.5 Å². The van der Waals surface area contributed by atoms with Crippen LogP contribution in [0.2, 0.25) is 0 Å². The van der Waals surface area contributed by atoms with E-state index in [1.54, 1.807) is 7.11 Å². The van der Waals surface area contributed by atoms with Crippen LogP contribution < -0.4 is 9.47 Å². The third-order valence-corrected chi connectivity index (χ3v) is 6.81. The highest BCUT2D eigenvalue weighted by atomic mass is 16.6. The van der Waals surface area contributed by atoms with Crippen LogP contribution in [0.1, 0.15) is 76.0 Å². The summed E-state index contributed by atoms with van der Waals surface area (Å²) >= 11 is 0. The number of hydrogen-bond acceptors (Lipinski definition) is 3. The van der Waals surface area contributed by atoms with Crippen LogP contribution in [0, 0.1) is 11.3 Å². The second-order valence-corrected chi connectivity index (χ2v) is 8.81. The Morgan fingerprint density at radius 1 is 1.29 bits per heavy atom. The molecule has 0 amide bonds. The monoisotopic (exact) mass is 328 g/mol. The molecule has 1 aromatic carbocycles. The average Bonchev–Trinajstić information content (AvgIpc) is 2.81. The van der Waals surface area contributed by atoms with Gasteiger partial charge < -0.3 is 9.47 Å². The quantitative estimate of drug-likeness (QED) is 0.580. The first-order valence-electron chi connectivity index (χ1n) is 9.29. The fraction of sp³-hybridized carbons (Fsp3) is 0.667. The molecule has 2 aliphatic carbocycles. The molecule has 1 heterocycles. The summed E-state index contributed by atoms with van der Waals surface area (Å²) in [5.74, 6) is 2.19. The van der Waals surface area contributed by atoms with Crippen molar-refractivity contribution in [2.24, 2.45) is 11.3 Å². The van der Waals surface area contributed by atoms with Crippen molar-refractivity contribution >= 4 is 5.97 Å². The maximum Gasteiger partial charge on any atom is 0.322 e. The second kappa shape index (κ2) is 5.00. The van der Waals surface area contributed by atoms with E-state index in [4.69, 9.17) is 9.47 Å². The fourth-order valence-corrected chi connectivity index (χ4v) is 5.74. The SMILES string of the molecule is COc1c(C(C)C)cc2c3c1OC(=O)[C@@]31CCCC(C)(C)C1CC2. The summed E-state index contributed by atoms with van der Waals surface area (Å²) in [5.41, 5.74) is 3.38. The van der Waals surface area contributed by atoms with E-state index in [9.17, 15) is 4.79 Å². The van der Waals surface area contributed by atoms with Crippen molar-refractivity contribution in [3.63, 3.8) is 0 Å². The molecular formula is C21H28O3. The van der Waals surface area contributed by atoms with E-state index in [2.05, 4.69) is 33.8 Å². The summed E-state index contributed by atoms with van der Waals surface area (Å²) in [6.45, 7) is 8.99. The van der Waals surface area contributed by atoms with Gasteiger partial charge in [0.1, 0.15) is 5.41 Å². The molecule has 1 unspecified atom stereocenters. The van der Waals surface area contributed by atoms with Crippen LogP contribution in [0.3, 0.4) is 0 Å². The Labute approximate surface area is 144 Å². The van der Waals surface area contributed by atoms with Gasteiger partial charge in [-0.1, -0.05) is 40.2 Å². The lowest BCUT2D eigenvalue weighted by atomic mass is 9.50. The molecule has 3 nitrogen and oxygen atoms in total. The van der Waals surface area contributed by atoms with Crippen LogP contribution in [-0.4, -0.2) is 13.1 Å². The zero-order valence-corrected chi connectivity index (χ0v) is 15.5. The van der Waals surface area contributed by atoms with E-state index in [0.717, 1.165) is 48.3 Å². The number of hydrogen-bond donors (Lipinski definition) is 0. The summed E-state index contributed by atoms with van der Waals surface area (Å²) in [6, 6.07) is 2.28. The highest BCUT2D eigenvalue weighted by Gasteiger charge is 2.62. The van der Waals surface area contributed by atoms with Crippen LogP contribution in [-0.2, 0) is 16.6 Å². The Balaban J connectivity index is 2.00. The Morgan fingerprint density at radius 3 is 2.71 bits per heavy atom. The molecule has 4 rings (SSSR count). The van der Waals surface area contributed by atoms with Crippen molar-refractivity contribution in [2.75, 3.05) is 7.11 Å². The minimum absolute atomic E-state index is 0.0320. The first-order chi connectivity index (χ1) is 11.3. The Bertz CT molecular complexity index is 716. The average molecular weight is 328 g/mol. The van der Waals surface area contributed by atoms with Gasteiger partial charge in [0.2, 0.25) is 0 Å². The van der Waals surface area contributed by atoms with E-state index in [0.29, 0.717) is 11.8 Å². The maximum atomic E-state index is 13.2.